The molecule has 2 fully saturated rings. The van der Waals surface area contributed by atoms with Crippen molar-refractivity contribution in [3.05, 3.63) is 48.5 Å². The van der Waals surface area contributed by atoms with E-state index in [-0.39, 0.29) is 11.0 Å². The van der Waals surface area contributed by atoms with Crippen molar-refractivity contribution in [3.63, 3.8) is 0 Å². The fraction of sp³-hybridized carbons (Fsp3) is 0.400. The van der Waals surface area contributed by atoms with E-state index in [9.17, 15) is 8.42 Å². The third-order valence-corrected chi connectivity index (χ3v) is 6.22. The van der Waals surface area contributed by atoms with Crippen LogP contribution in [0.1, 0.15) is 38.5 Å². The third kappa shape index (κ3) is 4.30. The van der Waals surface area contributed by atoms with E-state index in [1.54, 1.807) is 36.4 Å². The fourth-order valence-corrected chi connectivity index (χ4v) is 4.27. The normalized spacial score (nSPS) is 17.8. The summed E-state index contributed by atoms with van der Waals surface area (Å²) in [6.07, 6.45) is 7.23. The molecule has 0 unspecified atom stereocenters. The summed E-state index contributed by atoms with van der Waals surface area (Å²) in [5.41, 5.74) is 1.57. The summed E-state index contributed by atoms with van der Waals surface area (Å²) in [7, 11) is -3.61. The van der Waals surface area contributed by atoms with Gasteiger partial charge in [-0.05, 0) is 87.1 Å². The molecule has 2 aliphatic rings. The molecule has 2 aromatic carbocycles. The van der Waals surface area contributed by atoms with Crippen LogP contribution < -0.4 is 14.8 Å². The van der Waals surface area contributed by atoms with Crippen LogP contribution in [0.5, 0.6) is 5.75 Å². The van der Waals surface area contributed by atoms with Gasteiger partial charge >= 0.3 is 0 Å². The van der Waals surface area contributed by atoms with Crippen LogP contribution >= 0.6 is 0 Å². The highest BCUT2D eigenvalue weighted by molar-refractivity contribution is 7.92. The summed E-state index contributed by atoms with van der Waals surface area (Å²) < 4.78 is 33.6. The molecular formula is C20H24N2O3S. The number of benzene rings is 2. The van der Waals surface area contributed by atoms with E-state index < -0.39 is 10.0 Å². The summed E-state index contributed by atoms with van der Waals surface area (Å²) in [5, 5.41) is 3.38. The Hall–Kier alpha value is -2.21. The molecular weight excluding hydrogens is 348 g/mol. The lowest BCUT2D eigenvalue weighted by Gasteiger charge is -2.14. The molecule has 0 aromatic heterocycles. The molecule has 0 radical (unpaired) electrons. The van der Waals surface area contributed by atoms with Gasteiger partial charge in [-0.2, -0.15) is 0 Å². The molecule has 138 valence electrons. The largest absolute Gasteiger partial charge is 0.490 e. The average Bonchev–Trinajstić information content (AvgIpc) is 3.30. The van der Waals surface area contributed by atoms with E-state index in [4.69, 9.17) is 4.74 Å². The van der Waals surface area contributed by atoms with Gasteiger partial charge in [-0.1, -0.05) is 0 Å². The van der Waals surface area contributed by atoms with Crippen molar-refractivity contribution in [2.75, 3.05) is 10.0 Å². The molecule has 6 heteroatoms. The SMILES string of the molecule is O=S(=O)(Nc1ccc(NC2CC2)cc1)c1ccc(OC2CCCC2)cc1. The van der Waals surface area contributed by atoms with E-state index in [0.717, 1.165) is 24.3 Å². The number of hydrogen-bond donors (Lipinski definition) is 2. The van der Waals surface area contributed by atoms with Crippen LogP contribution in [0, 0.1) is 0 Å². The van der Waals surface area contributed by atoms with Crippen molar-refractivity contribution >= 4 is 21.4 Å². The van der Waals surface area contributed by atoms with Crippen molar-refractivity contribution in [2.24, 2.45) is 0 Å². The van der Waals surface area contributed by atoms with Crippen molar-refractivity contribution in [1.29, 1.82) is 0 Å². The summed E-state index contributed by atoms with van der Waals surface area (Å²) in [4.78, 5) is 0.233. The smallest absolute Gasteiger partial charge is 0.261 e. The second-order valence-electron chi connectivity index (χ2n) is 7.10. The van der Waals surface area contributed by atoms with Crippen LogP contribution in [0.2, 0.25) is 0 Å². The second-order valence-corrected chi connectivity index (χ2v) is 8.78. The molecule has 0 amide bonds. The van der Waals surface area contributed by atoms with E-state index in [0.29, 0.717) is 11.7 Å². The fourth-order valence-electron chi connectivity index (χ4n) is 3.21. The number of nitrogens with one attached hydrogen (secondary N) is 2. The van der Waals surface area contributed by atoms with Gasteiger partial charge in [-0.3, -0.25) is 4.72 Å². The Morgan fingerprint density at radius 1 is 0.808 bits per heavy atom. The number of anilines is 2. The lowest BCUT2D eigenvalue weighted by Crippen LogP contribution is -2.14. The zero-order valence-corrected chi connectivity index (χ0v) is 15.5. The van der Waals surface area contributed by atoms with Crippen molar-refractivity contribution in [2.45, 2.75) is 55.6 Å². The van der Waals surface area contributed by atoms with Crippen molar-refractivity contribution in [1.82, 2.24) is 0 Å². The van der Waals surface area contributed by atoms with Crippen LogP contribution in [0.4, 0.5) is 11.4 Å². The predicted octanol–water partition coefficient (Wildman–Crippen LogP) is 4.38. The van der Waals surface area contributed by atoms with Crippen LogP contribution in [-0.2, 0) is 10.0 Å². The number of ether oxygens (including phenoxy) is 1. The highest BCUT2D eigenvalue weighted by Crippen LogP contribution is 2.27. The number of hydrogen-bond acceptors (Lipinski definition) is 4. The Morgan fingerprint density at radius 3 is 2.04 bits per heavy atom. The minimum Gasteiger partial charge on any atom is -0.490 e. The van der Waals surface area contributed by atoms with Gasteiger partial charge < -0.3 is 10.1 Å². The summed E-state index contributed by atoms with van der Waals surface area (Å²) in [6.45, 7) is 0. The van der Waals surface area contributed by atoms with E-state index >= 15 is 0 Å². The van der Waals surface area contributed by atoms with Gasteiger partial charge in [0.05, 0.1) is 11.0 Å². The van der Waals surface area contributed by atoms with E-state index in [1.807, 2.05) is 12.1 Å². The first-order chi connectivity index (χ1) is 12.6. The highest BCUT2D eigenvalue weighted by atomic mass is 32.2. The number of rotatable bonds is 7. The zero-order valence-electron chi connectivity index (χ0n) is 14.6. The van der Waals surface area contributed by atoms with Gasteiger partial charge in [0, 0.05) is 17.4 Å². The molecule has 2 N–H and O–H groups in total. The van der Waals surface area contributed by atoms with E-state index in [1.165, 1.54) is 25.7 Å². The molecule has 0 bridgehead atoms. The Labute approximate surface area is 154 Å². The van der Waals surface area contributed by atoms with Crippen LogP contribution in [-0.4, -0.2) is 20.6 Å². The Bertz CT molecular complexity index is 838. The summed E-state index contributed by atoms with van der Waals surface area (Å²) in [5.74, 6) is 0.728. The Kier molecular flexibility index (Phi) is 4.76. The summed E-state index contributed by atoms with van der Waals surface area (Å²) in [6, 6.07) is 14.6. The first-order valence-electron chi connectivity index (χ1n) is 9.25. The maximum atomic E-state index is 12.6. The van der Waals surface area contributed by atoms with Gasteiger partial charge in [0.25, 0.3) is 10.0 Å². The third-order valence-electron chi connectivity index (χ3n) is 4.82. The molecule has 5 nitrogen and oxygen atoms in total. The molecule has 2 aromatic rings. The lowest BCUT2D eigenvalue weighted by atomic mass is 10.3. The second kappa shape index (κ2) is 7.19. The Balaban J connectivity index is 1.40. The first-order valence-corrected chi connectivity index (χ1v) is 10.7. The zero-order chi connectivity index (χ0) is 18.0. The maximum absolute atomic E-state index is 12.6. The minimum absolute atomic E-state index is 0.233. The molecule has 0 spiro atoms. The lowest BCUT2D eigenvalue weighted by molar-refractivity contribution is 0.210. The topological polar surface area (TPSA) is 67.4 Å². The van der Waals surface area contributed by atoms with Gasteiger partial charge in [-0.15, -0.1) is 0 Å². The standard InChI is InChI=1S/C20H24N2O3S/c23-26(24,22-17-9-7-16(8-10-17)21-15-5-6-15)20-13-11-19(12-14-20)25-18-3-1-2-4-18/h7-15,18,21-22H,1-6H2. The Morgan fingerprint density at radius 2 is 1.42 bits per heavy atom. The molecule has 4 rings (SSSR count). The number of sulfonamides is 1. The van der Waals surface area contributed by atoms with Crippen molar-refractivity contribution in [3.8, 4) is 5.75 Å². The van der Waals surface area contributed by atoms with Gasteiger partial charge in [0.15, 0.2) is 0 Å². The van der Waals surface area contributed by atoms with Gasteiger partial charge in [-0.25, -0.2) is 8.42 Å². The maximum Gasteiger partial charge on any atom is 0.261 e. The van der Waals surface area contributed by atoms with Crippen molar-refractivity contribution < 1.29 is 13.2 Å². The average molecular weight is 372 g/mol. The molecule has 0 saturated heterocycles. The molecule has 0 aliphatic heterocycles. The van der Waals surface area contributed by atoms with Gasteiger partial charge in [0.1, 0.15) is 5.75 Å². The van der Waals surface area contributed by atoms with E-state index in [2.05, 4.69) is 10.0 Å². The minimum atomic E-state index is -3.61. The monoisotopic (exact) mass is 372 g/mol. The predicted molar refractivity (Wildman–Crippen MR) is 103 cm³/mol. The van der Waals surface area contributed by atoms with Crippen LogP contribution in [0.25, 0.3) is 0 Å². The first kappa shape index (κ1) is 17.2. The van der Waals surface area contributed by atoms with Gasteiger partial charge in [0.2, 0.25) is 0 Å². The molecule has 0 heterocycles. The van der Waals surface area contributed by atoms with Crippen LogP contribution in [0.3, 0.4) is 0 Å². The molecule has 0 atom stereocenters. The highest BCUT2D eigenvalue weighted by Gasteiger charge is 2.21. The van der Waals surface area contributed by atoms with Crippen LogP contribution in [0.15, 0.2) is 53.4 Å². The molecule has 2 aliphatic carbocycles. The quantitative estimate of drug-likeness (QED) is 0.757. The molecule has 26 heavy (non-hydrogen) atoms. The molecule has 2 saturated carbocycles. The summed E-state index contributed by atoms with van der Waals surface area (Å²) >= 11 is 0.